The predicted molar refractivity (Wildman–Crippen MR) is 82.6 cm³/mol. The highest BCUT2D eigenvalue weighted by atomic mass is 32.2. The molecule has 0 aliphatic heterocycles. The SMILES string of the molecule is CCCCCCCCCCCC(=S)SCC. The average molecular weight is 261 g/mol. The monoisotopic (exact) mass is 260 g/mol. The Morgan fingerprint density at radius 2 is 1.31 bits per heavy atom. The topological polar surface area (TPSA) is 0 Å². The number of unbranched alkanes of at least 4 members (excludes halogenated alkanes) is 8. The van der Waals surface area contributed by atoms with Crippen molar-refractivity contribution in [2.45, 2.75) is 78.1 Å². The molecule has 0 aromatic rings. The second-order valence-electron chi connectivity index (χ2n) is 4.38. The van der Waals surface area contributed by atoms with Gasteiger partial charge in [0.1, 0.15) is 0 Å². The van der Waals surface area contributed by atoms with Crippen molar-refractivity contribution in [3.63, 3.8) is 0 Å². The van der Waals surface area contributed by atoms with Crippen LogP contribution in [-0.4, -0.2) is 9.95 Å². The number of hydrogen-bond acceptors (Lipinski definition) is 2. The van der Waals surface area contributed by atoms with Gasteiger partial charge in [0, 0.05) is 4.20 Å². The summed E-state index contributed by atoms with van der Waals surface area (Å²) in [6, 6.07) is 0. The second kappa shape index (κ2) is 13.5. The van der Waals surface area contributed by atoms with Gasteiger partial charge < -0.3 is 0 Å². The second-order valence-corrected chi connectivity index (χ2v) is 6.49. The minimum atomic E-state index is 1.14. The van der Waals surface area contributed by atoms with Crippen LogP contribution in [0.4, 0.5) is 0 Å². The average Bonchev–Trinajstić information content (AvgIpc) is 2.27. The summed E-state index contributed by atoms with van der Waals surface area (Å²) in [5.41, 5.74) is 0. The molecule has 0 aromatic carbocycles. The zero-order valence-electron chi connectivity index (χ0n) is 11.1. The first-order valence-electron chi connectivity index (χ1n) is 6.96. The van der Waals surface area contributed by atoms with E-state index in [-0.39, 0.29) is 0 Å². The summed E-state index contributed by atoms with van der Waals surface area (Å²) in [5, 5.41) is 0. The summed E-state index contributed by atoms with van der Waals surface area (Å²) in [7, 11) is 0. The highest BCUT2D eigenvalue weighted by Crippen LogP contribution is 2.14. The Morgan fingerprint density at radius 3 is 1.81 bits per heavy atom. The van der Waals surface area contributed by atoms with E-state index >= 15 is 0 Å². The molecular weight excluding hydrogens is 232 g/mol. The molecule has 0 saturated heterocycles. The van der Waals surface area contributed by atoms with Gasteiger partial charge in [0.2, 0.25) is 0 Å². The van der Waals surface area contributed by atoms with E-state index in [9.17, 15) is 0 Å². The maximum atomic E-state index is 5.26. The van der Waals surface area contributed by atoms with E-state index < -0.39 is 0 Å². The molecule has 0 atom stereocenters. The van der Waals surface area contributed by atoms with Crippen LogP contribution in [-0.2, 0) is 0 Å². The van der Waals surface area contributed by atoms with E-state index in [4.69, 9.17) is 12.2 Å². The van der Waals surface area contributed by atoms with Gasteiger partial charge in [-0.15, -0.1) is 11.8 Å². The van der Waals surface area contributed by atoms with Crippen molar-refractivity contribution < 1.29 is 0 Å². The van der Waals surface area contributed by atoms with Crippen molar-refractivity contribution in [2.75, 3.05) is 5.75 Å². The fraction of sp³-hybridized carbons (Fsp3) is 0.929. The van der Waals surface area contributed by atoms with Crippen molar-refractivity contribution in [3.05, 3.63) is 0 Å². The zero-order chi connectivity index (χ0) is 12.1. The van der Waals surface area contributed by atoms with E-state index in [0.29, 0.717) is 0 Å². The van der Waals surface area contributed by atoms with Gasteiger partial charge in [-0.25, -0.2) is 0 Å². The van der Waals surface area contributed by atoms with Crippen LogP contribution in [0, 0.1) is 0 Å². The fourth-order valence-electron chi connectivity index (χ4n) is 1.81. The number of thiocarbonyl (C=S) groups is 1. The van der Waals surface area contributed by atoms with E-state index in [1.807, 2.05) is 11.8 Å². The predicted octanol–water partition coefficient (Wildman–Crippen LogP) is 5.99. The minimum absolute atomic E-state index is 1.14. The largest absolute Gasteiger partial charge is 0.119 e. The lowest BCUT2D eigenvalue weighted by atomic mass is 10.1. The normalized spacial score (nSPS) is 10.6. The summed E-state index contributed by atoms with van der Waals surface area (Å²) in [6.45, 7) is 4.45. The van der Waals surface area contributed by atoms with Gasteiger partial charge >= 0.3 is 0 Å². The summed E-state index contributed by atoms with van der Waals surface area (Å²) in [5.74, 6) is 1.14. The third-order valence-electron chi connectivity index (χ3n) is 2.79. The maximum Gasteiger partial charge on any atom is 0.0478 e. The van der Waals surface area contributed by atoms with Crippen molar-refractivity contribution >= 4 is 28.2 Å². The quantitative estimate of drug-likeness (QED) is 0.331. The van der Waals surface area contributed by atoms with Crippen molar-refractivity contribution in [1.82, 2.24) is 0 Å². The zero-order valence-corrected chi connectivity index (χ0v) is 12.7. The first-order valence-corrected chi connectivity index (χ1v) is 8.36. The first kappa shape index (κ1) is 16.4. The van der Waals surface area contributed by atoms with Crippen LogP contribution < -0.4 is 0 Å². The van der Waals surface area contributed by atoms with E-state index in [1.165, 1.54) is 62.0 Å². The van der Waals surface area contributed by atoms with Gasteiger partial charge in [0.15, 0.2) is 0 Å². The highest BCUT2D eigenvalue weighted by molar-refractivity contribution is 8.23. The Labute approximate surface area is 112 Å². The fourth-order valence-corrected chi connectivity index (χ4v) is 2.92. The Morgan fingerprint density at radius 1 is 0.812 bits per heavy atom. The number of hydrogen-bond donors (Lipinski definition) is 0. The van der Waals surface area contributed by atoms with Crippen LogP contribution in [0.1, 0.15) is 78.1 Å². The van der Waals surface area contributed by atoms with Crippen LogP contribution in [0.15, 0.2) is 0 Å². The first-order chi connectivity index (χ1) is 7.81. The van der Waals surface area contributed by atoms with Crippen LogP contribution in [0.5, 0.6) is 0 Å². The third kappa shape index (κ3) is 12.5. The molecule has 96 valence electrons. The summed E-state index contributed by atoms with van der Waals surface area (Å²) < 4.78 is 1.21. The molecule has 2 heteroatoms. The molecule has 0 spiro atoms. The minimum Gasteiger partial charge on any atom is -0.119 e. The van der Waals surface area contributed by atoms with Crippen molar-refractivity contribution in [2.24, 2.45) is 0 Å². The molecule has 0 rings (SSSR count). The molecule has 0 saturated carbocycles. The lowest BCUT2D eigenvalue weighted by Crippen LogP contribution is -1.89. The van der Waals surface area contributed by atoms with Gasteiger partial charge in [0.05, 0.1) is 0 Å². The molecule has 16 heavy (non-hydrogen) atoms. The standard InChI is InChI=1S/C14H28S2/c1-3-5-6-7-8-9-10-11-12-13-14(15)16-4-2/h3-13H2,1-2H3. The van der Waals surface area contributed by atoms with Crippen LogP contribution >= 0.6 is 24.0 Å². The number of rotatable bonds is 11. The summed E-state index contributed by atoms with van der Waals surface area (Å²) in [4.78, 5) is 0. The summed E-state index contributed by atoms with van der Waals surface area (Å²) in [6.07, 6.45) is 13.8. The Balaban J connectivity index is 3.01. The van der Waals surface area contributed by atoms with Gasteiger partial charge in [-0.3, -0.25) is 0 Å². The van der Waals surface area contributed by atoms with Crippen molar-refractivity contribution in [1.29, 1.82) is 0 Å². The van der Waals surface area contributed by atoms with Gasteiger partial charge in [-0.05, 0) is 18.6 Å². The Hall–Kier alpha value is 0.440. The van der Waals surface area contributed by atoms with Crippen molar-refractivity contribution in [3.8, 4) is 0 Å². The molecule has 0 nitrogen and oxygen atoms in total. The highest BCUT2D eigenvalue weighted by Gasteiger charge is 1.96. The van der Waals surface area contributed by atoms with E-state index in [0.717, 1.165) is 12.2 Å². The Bertz CT molecular complexity index is 155. The van der Waals surface area contributed by atoms with Gasteiger partial charge in [-0.2, -0.15) is 0 Å². The molecule has 0 radical (unpaired) electrons. The van der Waals surface area contributed by atoms with E-state index in [1.54, 1.807) is 0 Å². The van der Waals surface area contributed by atoms with E-state index in [2.05, 4.69) is 13.8 Å². The van der Waals surface area contributed by atoms with Crippen LogP contribution in [0.2, 0.25) is 0 Å². The molecule has 0 heterocycles. The third-order valence-corrected chi connectivity index (χ3v) is 4.16. The van der Waals surface area contributed by atoms with Crippen LogP contribution in [0.25, 0.3) is 0 Å². The van der Waals surface area contributed by atoms with Crippen LogP contribution in [0.3, 0.4) is 0 Å². The smallest absolute Gasteiger partial charge is 0.0478 e. The molecule has 0 aliphatic carbocycles. The maximum absolute atomic E-state index is 5.26. The molecule has 0 N–H and O–H groups in total. The molecule has 0 bridgehead atoms. The lowest BCUT2D eigenvalue weighted by molar-refractivity contribution is 0.569. The lowest BCUT2D eigenvalue weighted by Gasteiger charge is -2.02. The Kier molecular flexibility index (Phi) is 13.9. The molecule has 0 fully saturated rings. The van der Waals surface area contributed by atoms with Gasteiger partial charge in [0.25, 0.3) is 0 Å². The molecule has 0 aliphatic rings. The summed E-state index contributed by atoms with van der Waals surface area (Å²) >= 11 is 7.10. The van der Waals surface area contributed by atoms with Gasteiger partial charge in [-0.1, -0.05) is 77.4 Å². The molecular formula is C14H28S2. The molecule has 0 amide bonds. The number of thioether (sulfide) groups is 1. The molecule has 0 aromatic heterocycles. The molecule has 0 unspecified atom stereocenters.